The third-order valence-electron chi connectivity index (χ3n) is 2.59. The molecule has 0 radical (unpaired) electrons. The van der Waals surface area contributed by atoms with E-state index in [1.54, 1.807) is 13.0 Å². The topological polar surface area (TPSA) is 51.2 Å². The highest BCUT2D eigenvalue weighted by Gasteiger charge is 2.09. The summed E-state index contributed by atoms with van der Waals surface area (Å²) in [4.78, 5) is 15.6. The van der Waals surface area contributed by atoms with Crippen LogP contribution in [-0.2, 0) is 16.0 Å². The molecule has 0 spiro atoms. The molecule has 0 unspecified atom stereocenters. The van der Waals surface area contributed by atoms with Gasteiger partial charge in [0.15, 0.2) is 0 Å². The Labute approximate surface area is 101 Å². The number of fused-ring (bicyclic) bond motifs is 1. The second-order valence-corrected chi connectivity index (χ2v) is 3.86. The minimum absolute atomic E-state index is 0.333. The number of aryl methyl sites for hydroxylation is 1. The molecule has 1 aliphatic rings. The number of anilines is 1. The van der Waals surface area contributed by atoms with Gasteiger partial charge < -0.3 is 10.1 Å². The lowest BCUT2D eigenvalue weighted by molar-refractivity contribution is -0.137. The molecule has 0 aromatic carbocycles. The number of nitrogens with one attached hydrogen (secondary N) is 1. The van der Waals surface area contributed by atoms with Gasteiger partial charge in [-0.05, 0) is 37.5 Å². The molecule has 1 aromatic heterocycles. The maximum absolute atomic E-state index is 11.2. The van der Waals surface area contributed by atoms with Crippen LogP contribution < -0.4 is 5.32 Å². The number of rotatable bonds is 3. The monoisotopic (exact) mass is 232 g/mol. The summed E-state index contributed by atoms with van der Waals surface area (Å²) in [6.07, 6.45) is 5.29. The number of nitrogens with zero attached hydrogens (tertiary/aromatic N) is 1. The molecule has 1 aromatic rings. The number of esters is 1. The van der Waals surface area contributed by atoms with Crippen LogP contribution in [0.5, 0.6) is 0 Å². The minimum Gasteiger partial charge on any atom is -0.463 e. The van der Waals surface area contributed by atoms with Crippen LogP contribution in [0.2, 0.25) is 0 Å². The number of ether oxygens (including phenoxy) is 1. The number of carbonyl (C=O) groups is 1. The van der Waals surface area contributed by atoms with Crippen molar-refractivity contribution < 1.29 is 9.53 Å². The fourth-order valence-electron chi connectivity index (χ4n) is 1.78. The quantitative estimate of drug-likeness (QED) is 0.640. The van der Waals surface area contributed by atoms with Gasteiger partial charge in [0.05, 0.1) is 12.3 Å². The van der Waals surface area contributed by atoms with Crippen LogP contribution in [0.1, 0.15) is 24.6 Å². The normalized spacial score (nSPS) is 14.2. The van der Waals surface area contributed by atoms with Crippen molar-refractivity contribution in [3.8, 4) is 0 Å². The van der Waals surface area contributed by atoms with E-state index in [-0.39, 0.29) is 5.97 Å². The number of hydrogen-bond donors (Lipinski definition) is 1. The zero-order valence-corrected chi connectivity index (χ0v) is 9.90. The van der Waals surface area contributed by atoms with Gasteiger partial charge in [0, 0.05) is 12.6 Å². The van der Waals surface area contributed by atoms with Gasteiger partial charge in [-0.2, -0.15) is 0 Å². The molecular formula is C13H16N2O2. The smallest absolute Gasteiger partial charge is 0.330 e. The van der Waals surface area contributed by atoms with E-state index in [1.807, 2.05) is 6.07 Å². The van der Waals surface area contributed by atoms with Gasteiger partial charge >= 0.3 is 5.97 Å². The lowest BCUT2D eigenvalue weighted by Gasteiger charge is -2.16. The number of aromatic nitrogens is 1. The van der Waals surface area contributed by atoms with Crippen molar-refractivity contribution in [3.63, 3.8) is 0 Å². The first-order valence-corrected chi connectivity index (χ1v) is 5.88. The first-order valence-electron chi connectivity index (χ1n) is 5.88. The lowest BCUT2D eigenvalue weighted by atomic mass is 10.1. The van der Waals surface area contributed by atoms with Gasteiger partial charge in [0.25, 0.3) is 0 Å². The Kier molecular flexibility index (Phi) is 3.75. The molecule has 1 N–H and O–H groups in total. The highest BCUT2D eigenvalue weighted by molar-refractivity contribution is 5.86. The predicted octanol–water partition coefficient (Wildman–Crippen LogP) is 2.02. The Morgan fingerprint density at radius 2 is 2.47 bits per heavy atom. The molecule has 0 aliphatic carbocycles. The second-order valence-electron chi connectivity index (χ2n) is 3.86. The Morgan fingerprint density at radius 3 is 3.29 bits per heavy atom. The lowest BCUT2D eigenvalue weighted by Crippen LogP contribution is -2.13. The molecule has 4 nitrogen and oxygen atoms in total. The standard InChI is InChI=1S/C13H16N2O2/c1-2-17-12(16)8-7-11-6-5-10-4-3-9-14-13(10)15-11/h5-8H,2-4,9H2,1H3,(H,14,15)/b8-7+. The summed E-state index contributed by atoms with van der Waals surface area (Å²) in [6, 6.07) is 3.97. The van der Waals surface area contributed by atoms with Crippen molar-refractivity contribution in [3.05, 3.63) is 29.5 Å². The average Bonchev–Trinajstić information content (AvgIpc) is 2.36. The summed E-state index contributed by atoms with van der Waals surface area (Å²) in [7, 11) is 0. The molecule has 17 heavy (non-hydrogen) atoms. The van der Waals surface area contributed by atoms with Gasteiger partial charge in [-0.15, -0.1) is 0 Å². The Bertz CT molecular complexity index is 441. The summed E-state index contributed by atoms with van der Waals surface area (Å²) in [5.74, 6) is 0.599. The fourth-order valence-corrected chi connectivity index (χ4v) is 1.78. The van der Waals surface area contributed by atoms with Crippen molar-refractivity contribution >= 4 is 17.9 Å². The maximum atomic E-state index is 11.2. The molecule has 2 heterocycles. The van der Waals surface area contributed by atoms with E-state index >= 15 is 0 Å². The molecule has 90 valence electrons. The SMILES string of the molecule is CCOC(=O)/C=C/c1ccc2c(n1)NCCC2. The molecule has 0 bridgehead atoms. The molecule has 0 saturated carbocycles. The van der Waals surface area contributed by atoms with Crippen molar-refractivity contribution in [2.24, 2.45) is 0 Å². The Hall–Kier alpha value is -1.84. The van der Waals surface area contributed by atoms with Crippen LogP contribution in [-0.4, -0.2) is 24.1 Å². The van der Waals surface area contributed by atoms with Crippen LogP contribution in [0.25, 0.3) is 6.08 Å². The molecular weight excluding hydrogens is 216 g/mol. The van der Waals surface area contributed by atoms with E-state index in [4.69, 9.17) is 4.74 Å². The van der Waals surface area contributed by atoms with Gasteiger partial charge in [0.1, 0.15) is 5.82 Å². The molecule has 0 amide bonds. The summed E-state index contributed by atoms with van der Waals surface area (Å²) in [5, 5.41) is 3.25. The summed E-state index contributed by atoms with van der Waals surface area (Å²) < 4.78 is 4.81. The van der Waals surface area contributed by atoms with E-state index < -0.39 is 0 Å². The summed E-state index contributed by atoms with van der Waals surface area (Å²) >= 11 is 0. The van der Waals surface area contributed by atoms with Gasteiger partial charge in [0.2, 0.25) is 0 Å². The molecule has 1 aliphatic heterocycles. The largest absolute Gasteiger partial charge is 0.463 e. The summed E-state index contributed by atoms with van der Waals surface area (Å²) in [5.41, 5.74) is 2.01. The van der Waals surface area contributed by atoms with Gasteiger partial charge in [-0.3, -0.25) is 0 Å². The van der Waals surface area contributed by atoms with E-state index in [2.05, 4.69) is 16.4 Å². The third kappa shape index (κ3) is 3.06. The molecule has 2 rings (SSSR count). The van der Waals surface area contributed by atoms with Crippen LogP contribution in [0, 0.1) is 0 Å². The first-order chi connectivity index (χ1) is 8.29. The van der Waals surface area contributed by atoms with E-state index in [0.717, 1.165) is 30.9 Å². The second kappa shape index (κ2) is 5.48. The number of pyridine rings is 1. The number of hydrogen-bond acceptors (Lipinski definition) is 4. The average molecular weight is 232 g/mol. The van der Waals surface area contributed by atoms with Crippen molar-refractivity contribution in [1.29, 1.82) is 0 Å². The van der Waals surface area contributed by atoms with Crippen LogP contribution in [0.3, 0.4) is 0 Å². The maximum Gasteiger partial charge on any atom is 0.330 e. The summed E-state index contributed by atoms with van der Waals surface area (Å²) in [6.45, 7) is 3.14. The predicted molar refractivity (Wildman–Crippen MR) is 66.7 cm³/mol. The Morgan fingerprint density at radius 1 is 1.59 bits per heavy atom. The van der Waals surface area contributed by atoms with Gasteiger partial charge in [-0.1, -0.05) is 6.07 Å². The Balaban J connectivity index is 2.09. The van der Waals surface area contributed by atoms with Crippen molar-refractivity contribution in [2.45, 2.75) is 19.8 Å². The molecule has 0 atom stereocenters. The fraction of sp³-hybridized carbons (Fsp3) is 0.385. The number of carbonyl (C=O) groups excluding carboxylic acids is 1. The van der Waals surface area contributed by atoms with E-state index in [9.17, 15) is 4.79 Å². The van der Waals surface area contributed by atoms with Gasteiger partial charge in [-0.25, -0.2) is 9.78 Å². The van der Waals surface area contributed by atoms with E-state index in [1.165, 1.54) is 11.6 Å². The van der Waals surface area contributed by atoms with Crippen LogP contribution in [0.4, 0.5) is 5.82 Å². The first kappa shape index (κ1) is 11.6. The van der Waals surface area contributed by atoms with Crippen molar-refractivity contribution in [2.75, 3.05) is 18.5 Å². The highest BCUT2D eigenvalue weighted by Crippen LogP contribution is 2.19. The zero-order valence-electron chi connectivity index (χ0n) is 9.90. The minimum atomic E-state index is -0.333. The van der Waals surface area contributed by atoms with Crippen molar-refractivity contribution in [1.82, 2.24) is 4.98 Å². The van der Waals surface area contributed by atoms with E-state index in [0.29, 0.717) is 6.61 Å². The molecule has 0 fully saturated rings. The third-order valence-corrected chi connectivity index (χ3v) is 2.59. The van der Waals surface area contributed by atoms with Crippen LogP contribution in [0.15, 0.2) is 18.2 Å². The highest BCUT2D eigenvalue weighted by atomic mass is 16.5. The van der Waals surface area contributed by atoms with Crippen LogP contribution >= 0.6 is 0 Å². The molecule has 4 heteroatoms. The molecule has 0 saturated heterocycles. The zero-order chi connectivity index (χ0) is 12.1.